The molecular weight excluding hydrogens is 231 g/mol. The molecule has 0 radical (unpaired) electrons. The van der Waals surface area contributed by atoms with Crippen molar-refractivity contribution < 1.29 is 17.9 Å². The predicted octanol–water partition coefficient (Wildman–Crippen LogP) is 4.19. The van der Waals surface area contributed by atoms with E-state index in [1.807, 2.05) is 13.8 Å². The molecule has 0 atom stereocenters. The molecule has 1 N–H and O–H groups in total. The first-order valence-corrected chi connectivity index (χ1v) is 6.04. The molecule has 2 nitrogen and oxygen atoms in total. The summed E-state index contributed by atoms with van der Waals surface area (Å²) in [4.78, 5) is 0. The number of rotatable bonds is 3. The molecule has 1 saturated carbocycles. The van der Waals surface area contributed by atoms with Crippen molar-refractivity contribution in [3.05, 3.63) is 0 Å². The summed E-state index contributed by atoms with van der Waals surface area (Å²) in [6, 6.07) is 0. The standard InChI is InChI=1S/C8H13F3O.C4H9N/c9-8(10,11)6-12-7-4-2-1-3-5-7;1-4(2)3-5/h7H,1-6H2;3-5H,1-2H3. The van der Waals surface area contributed by atoms with E-state index in [-0.39, 0.29) is 6.10 Å². The normalized spacial score (nSPS) is 17.5. The summed E-state index contributed by atoms with van der Waals surface area (Å²) in [7, 11) is 0. The topological polar surface area (TPSA) is 33.1 Å². The van der Waals surface area contributed by atoms with E-state index >= 15 is 0 Å². The molecule has 102 valence electrons. The van der Waals surface area contributed by atoms with Crippen LogP contribution in [0.1, 0.15) is 46.0 Å². The molecular formula is C12H22F3NO. The molecule has 1 rings (SSSR count). The fourth-order valence-electron chi connectivity index (χ4n) is 1.44. The monoisotopic (exact) mass is 253 g/mol. The predicted molar refractivity (Wildman–Crippen MR) is 62.5 cm³/mol. The van der Waals surface area contributed by atoms with Crippen molar-refractivity contribution in [1.29, 1.82) is 5.41 Å². The number of hydrogen-bond acceptors (Lipinski definition) is 2. The van der Waals surface area contributed by atoms with Crippen LogP contribution in [-0.2, 0) is 4.74 Å². The fraction of sp³-hybridized carbons (Fsp3) is 0.917. The molecule has 0 saturated heterocycles. The van der Waals surface area contributed by atoms with Gasteiger partial charge in [0.25, 0.3) is 0 Å². The van der Waals surface area contributed by atoms with Gasteiger partial charge < -0.3 is 10.1 Å². The second-order valence-electron chi connectivity index (χ2n) is 4.60. The fourth-order valence-corrected chi connectivity index (χ4v) is 1.44. The van der Waals surface area contributed by atoms with Gasteiger partial charge in [0.1, 0.15) is 6.61 Å². The van der Waals surface area contributed by atoms with E-state index in [4.69, 9.17) is 10.1 Å². The van der Waals surface area contributed by atoms with Crippen LogP contribution in [0, 0.1) is 11.3 Å². The zero-order chi connectivity index (χ0) is 13.3. The summed E-state index contributed by atoms with van der Waals surface area (Å²) in [6.07, 6.45) is 1.81. The van der Waals surface area contributed by atoms with E-state index in [1.165, 1.54) is 6.21 Å². The third kappa shape index (κ3) is 11.7. The number of halogens is 3. The van der Waals surface area contributed by atoms with Gasteiger partial charge in [-0.3, -0.25) is 0 Å². The molecule has 0 aromatic carbocycles. The summed E-state index contributed by atoms with van der Waals surface area (Å²) in [5, 5.41) is 6.53. The van der Waals surface area contributed by atoms with Crippen LogP contribution in [0.15, 0.2) is 0 Å². The second-order valence-corrected chi connectivity index (χ2v) is 4.60. The Morgan fingerprint density at radius 1 is 1.24 bits per heavy atom. The average molecular weight is 253 g/mol. The summed E-state index contributed by atoms with van der Waals surface area (Å²) in [5.41, 5.74) is 0. The van der Waals surface area contributed by atoms with Gasteiger partial charge in [-0.15, -0.1) is 0 Å². The molecule has 0 bridgehead atoms. The largest absolute Gasteiger partial charge is 0.411 e. The van der Waals surface area contributed by atoms with Gasteiger partial charge in [0, 0.05) is 0 Å². The zero-order valence-electron chi connectivity index (χ0n) is 10.5. The van der Waals surface area contributed by atoms with Crippen molar-refractivity contribution in [2.45, 2.75) is 58.2 Å². The van der Waals surface area contributed by atoms with E-state index in [9.17, 15) is 13.2 Å². The number of ether oxygens (including phenoxy) is 1. The summed E-state index contributed by atoms with van der Waals surface area (Å²) < 4.78 is 39.8. The highest BCUT2D eigenvalue weighted by atomic mass is 19.4. The maximum Gasteiger partial charge on any atom is 0.411 e. The van der Waals surface area contributed by atoms with Crippen molar-refractivity contribution in [2.75, 3.05) is 6.61 Å². The van der Waals surface area contributed by atoms with Crippen LogP contribution in [0.2, 0.25) is 0 Å². The quantitative estimate of drug-likeness (QED) is 0.752. The lowest BCUT2D eigenvalue weighted by Gasteiger charge is -2.22. The van der Waals surface area contributed by atoms with Crippen molar-refractivity contribution in [1.82, 2.24) is 0 Å². The van der Waals surface area contributed by atoms with Gasteiger partial charge in [-0.2, -0.15) is 13.2 Å². The highest BCUT2D eigenvalue weighted by molar-refractivity contribution is 5.55. The van der Waals surface area contributed by atoms with E-state index in [2.05, 4.69) is 0 Å². The molecule has 5 heteroatoms. The highest BCUT2D eigenvalue weighted by Crippen LogP contribution is 2.23. The van der Waals surface area contributed by atoms with Crippen molar-refractivity contribution >= 4 is 6.21 Å². The van der Waals surface area contributed by atoms with Crippen LogP contribution in [-0.4, -0.2) is 25.1 Å². The molecule has 0 aromatic heterocycles. The number of alkyl halides is 3. The second kappa shape index (κ2) is 8.50. The SMILES string of the molecule is CC(C)C=N.FC(F)(F)COC1CCCCC1. The Bertz CT molecular complexity index is 198. The molecule has 0 unspecified atom stereocenters. The van der Waals surface area contributed by atoms with Crippen LogP contribution >= 0.6 is 0 Å². The Labute approximate surface area is 101 Å². The van der Waals surface area contributed by atoms with Crippen LogP contribution in [0.5, 0.6) is 0 Å². The van der Waals surface area contributed by atoms with E-state index in [1.54, 1.807) is 0 Å². The minimum absolute atomic E-state index is 0.152. The molecule has 0 heterocycles. The van der Waals surface area contributed by atoms with Crippen LogP contribution < -0.4 is 0 Å². The van der Waals surface area contributed by atoms with Crippen molar-refractivity contribution in [3.63, 3.8) is 0 Å². The maximum atomic E-state index is 11.7. The lowest BCUT2D eigenvalue weighted by Crippen LogP contribution is -2.24. The van der Waals surface area contributed by atoms with E-state index in [0.29, 0.717) is 5.92 Å². The molecule has 0 amide bonds. The van der Waals surface area contributed by atoms with Crippen molar-refractivity contribution in [2.24, 2.45) is 5.92 Å². The van der Waals surface area contributed by atoms with Crippen molar-refractivity contribution in [3.8, 4) is 0 Å². The lowest BCUT2D eigenvalue weighted by molar-refractivity contribution is -0.187. The molecule has 17 heavy (non-hydrogen) atoms. The van der Waals surface area contributed by atoms with Crippen LogP contribution in [0.25, 0.3) is 0 Å². The smallest absolute Gasteiger partial charge is 0.369 e. The third-order valence-corrected chi connectivity index (χ3v) is 2.37. The Balaban J connectivity index is 0.000000437. The molecule has 1 fully saturated rings. The van der Waals surface area contributed by atoms with Gasteiger partial charge in [-0.25, -0.2) is 0 Å². The summed E-state index contributed by atoms with van der Waals surface area (Å²) in [6.45, 7) is 2.87. The zero-order valence-corrected chi connectivity index (χ0v) is 10.5. The average Bonchev–Trinajstić information content (AvgIpc) is 2.28. The Hall–Kier alpha value is -0.580. The van der Waals surface area contributed by atoms with Gasteiger partial charge in [0.15, 0.2) is 0 Å². The minimum atomic E-state index is -4.17. The molecule has 1 aliphatic rings. The van der Waals surface area contributed by atoms with Gasteiger partial charge in [0.2, 0.25) is 0 Å². The minimum Gasteiger partial charge on any atom is -0.369 e. The number of nitrogens with one attached hydrogen (secondary N) is 1. The Morgan fingerprint density at radius 3 is 2.06 bits per heavy atom. The first kappa shape index (κ1) is 16.4. The third-order valence-electron chi connectivity index (χ3n) is 2.37. The van der Waals surface area contributed by atoms with Crippen LogP contribution in [0.3, 0.4) is 0 Å². The van der Waals surface area contributed by atoms with E-state index in [0.717, 1.165) is 32.1 Å². The summed E-state index contributed by atoms with van der Waals surface area (Å²) in [5.74, 6) is 0.426. The van der Waals surface area contributed by atoms with Gasteiger partial charge in [0.05, 0.1) is 6.10 Å². The first-order chi connectivity index (χ1) is 7.85. The van der Waals surface area contributed by atoms with Gasteiger partial charge in [-0.05, 0) is 25.0 Å². The van der Waals surface area contributed by atoms with Crippen LogP contribution in [0.4, 0.5) is 13.2 Å². The molecule has 0 aliphatic heterocycles. The van der Waals surface area contributed by atoms with E-state index < -0.39 is 12.8 Å². The molecule has 1 aliphatic carbocycles. The van der Waals surface area contributed by atoms with Gasteiger partial charge >= 0.3 is 6.18 Å². The number of hydrogen-bond donors (Lipinski definition) is 1. The Morgan fingerprint density at radius 2 is 1.71 bits per heavy atom. The maximum absolute atomic E-state index is 11.7. The highest BCUT2D eigenvalue weighted by Gasteiger charge is 2.29. The molecule has 0 aromatic rings. The van der Waals surface area contributed by atoms with Gasteiger partial charge in [-0.1, -0.05) is 33.1 Å². The first-order valence-electron chi connectivity index (χ1n) is 6.04. The Kier molecular flexibility index (Phi) is 8.21. The lowest BCUT2D eigenvalue weighted by atomic mass is 9.98. The molecule has 0 spiro atoms. The summed E-state index contributed by atoms with van der Waals surface area (Å²) >= 11 is 0.